The number of nitrogens with zero attached hydrogens (tertiary/aromatic N) is 1. The summed E-state index contributed by atoms with van der Waals surface area (Å²) in [6.07, 6.45) is 4.20. The molecule has 0 aromatic rings. The fourth-order valence-corrected chi connectivity index (χ4v) is 2.72. The van der Waals surface area contributed by atoms with Crippen LogP contribution in [-0.2, 0) is 14.3 Å². The van der Waals surface area contributed by atoms with E-state index in [-0.39, 0.29) is 17.9 Å². The summed E-state index contributed by atoms with van der Waals surface area (Å²) in [6.45, 7) is 7.11. The second-order valence-corrected chi connectivity index (χ2v) is 5.51. The first-order valence-corrected chi connectivity index (χ1v) is 7.64. The van der Waals surface area contributed by atoms with E-state index in [1.54, 1.807) is 18.9 Å². The lowest BCUT2D eigenvalue weighted by Crippen LogP contribution is -2.69. The van der Waals surface area contributed by atoms with Crippen molar-refractivity contribution in [1.29, 1.82) is 0 Å². The minimum atomic E-state index is -0.698. The maximum atomic E-state index is 12.7. The van der Waals surface area contributed by atoms with Gasteiger partial charge in [0.15, 0.2) is 0 Å². The van der Waals surface area contributed by atoms with Crippen molar-refractivity contribution in [3.63, 3.8) is 0 Å². The second kappa shape index (κ2) is 7.62. The Morgan fingerprint density at radius 1 is 1.20 bits per heavy atom. The van der Waals surface area contributed by atoms with Gasteiger partial charge in [0, 0.05) is 20.3 Å². The molecule has 0 bridgehead atoms. The topological polar surface area (TPSA) is 58.6 Å². The van der Waals surface area contributed by atoms with Gasteiger partial charge in [0.1, 0.15) is 11.6 Å². The van der Waals surface area contributed by atoms with E-state index < -0.39 is 5.54 Å². The molecule has 1 fully saturated rings. The highest BCUT2D eigenvalue weighted by atomic mass is 16.5. The quantitative estimate of drug-likeness (QED) is 0.690. The van der Waals surface area contributed by atoms with Crippen LogP contribution in [0.2, 0.25) is 0 Å². The molecule has 2 amide bonds. The highest BCUT2D eigenvalue weighted by molar-refractivity contribution is 5.99. The highest BCUT2D eigenvalue weighted by Crippen LogP contribution is 2.25. The van der Waals surface area contributed by atoms with Crippen LogP contribution in [0.25, 0.3) is 0 Å². The number of carbonyl (C=O) groups is 2. The van der Waals surface area contributed by atoms with Crippen LogP contribution in [-0.4, -0.2) is 48.6 Å². The van der Waals surface area contributed by atoms with Crippen LogP contribution >= 0.6 is 0 Å². The number of piperazine rings is 1. The third-order valence-corrected chi connectivity index (χ3v) is 4.33. The number of amides is 2. The van der Waals surface area contributed by atoms with Gasteiger partial charge in [-0.2, -0.15) is 0 Å². The van der Waals surface area contributed by atoms with Gasteiger partial charge in [-0.15, -0.1) is 0 Å². The predicted octanol–water partition coefficient (Wildman–Crippen LogP) is 1.71. The second-order valence-electron chi connectivity index (χ2n) is 5.51. The Bertz CT molecular complexity index is 340. The van der Waals surface area contributed by atoms with Gasteiger partial charge in [-0.3, -0.25) is 9.59 Å². The maximum Gasteiger partial charge on any atom is 0.248 e. The van der Waals surface area contributed by atoms with Crippen LogP contribution in [0.15, 0.2) is 0 Å². The largest absolute Gasteiger partial charge is 0.385 e. The van der Waals surface area contributed by atoms with Gasteiger partial charge < -0.3 is 15.0 Å². The lowest BCUT2D eigenvalue weighted by molar-refractivity contribution is -0.154. The van der Waals surface area contributed by atoms with E-state index in [4.69, 9.17) is 4.74 Å². The number of unbranched alkanes of at least 4 members (excludes halogenated alkanes) is 2. The zero-order chi connectivity index (χ0) is 15.2. The summed E-state index contributed by atoms with van der Waals surface area (Å²) in [5.41, 5.74) is -0.698. The molecule has 5 nitrogen and oxygen atoms in total. The van der Waals surface area contributed by atoms with Crippen molar-refractivity contribution in [2.45, 2.75) is 64.5 Å². The molecule has 1 aliphatic rings. The molecule has 116 valence electrons. The van der Waals surface area contributed by atoms with E-state index in [1.807, 2.05) is 13.8 Å². The lowest BCUT2D eigenvalue weighted by atomic mass is 9.87. The number of nitrogens with one attached hydrogen (secondary N) is 1. The average Bonchev–Trinajstić information content (AvgIpc) is 2.46. The highest BCUT2D eigenvalue weighted by Gasteiger charge is 2.46. The van der Waals surface area contributed by atoms with E-state index in [0.29, 0.717) is 19.4 Å². The molecule has 1 N–H and O–H groups in total. The summed E-state index contributed by atoms with van der Waals surface area (Å²) in [5, 5.41) is 2.92. The van der Waals surface area contributed by atoms with Crippen LogP contribution < -0.4 is 5.32 Å². The van der Waals surface area contributed by atoms with Gasteiger partial charge in [0.25, 0.3) is 0 Å². The van der Waals surface area contributed by atoms with Crippen molar-refractivity contribution in [3.05, 3.63) is 0 Å². The first-order valence-electron chi connectivity index (χ1n) is 7.64. The molecule has 0 aromatic heterocycles. The molecule has 1 atom stereocenters. The molecule has 1 rings (SSSR count). The van der Waals surface area contributed by atoms with E-state index in [9.17, 15) is 9.59 Å². The molecule has 0 radical (unpaired) electrons. The van der Waals surface area contributed by atoms with E-state index in [2.05, 4.69) is 5.32 Å². The van der Waals surface area contributed by atoms with Crippen molar-refractivity contribution < 1.29 is 14.3 Å². The standard InChI is InChI=1S/C15H28N2O3/c1-5-15(6-2)14(19)17(12(3)13(18)16-15)10-8-7-9-11-20-4/h12H,5-11H2,1-4H3,(H,16,18). The van der Waals surface area contributed by atoms with Gasteiger partial charge in [0.05, 0.1) is 0 Å². The van der Waals surface area contributed by atoms with Crippen molar-refractivity contribution in [2.24, 2.45) is 0 Å². The minimum Gasteiger partial charge on any atom is -0.385 e. The normalized spacial score (nSPS) is 22.0. The monoisotopic (exact) mass is 284 g/mol. The number of hydrogen-bond donors (Lipinski definition) is 1. The lowest BCUT2D eigenvalue weighted by Gasteiger charge is -2.44. The molecule has 1 aliphatic heterocycles. The van der Waals surface area contributed by atoms with Crippen molar-refractivity contribution in [1.82, 2.24) is 10.2 Å². The number of ether oxygens (including phenoxy) is 1. The summed E-state index contributed by atoms with van der Waals surface area (Å²) in [7, 11) is 1.69. The Hall–Kier alpha value is -1.10. The van der Waals surface area contributed by atoms with Gasteiger partial charge in [-0.1, -0.05) is 13.8 Å². The molecule has 1 heterocycles. The molecule has 5 heteroatoms. The fourth-order valence-electron chi connectivity index (χ4n) is 2.72. The fraction of sp³-hybridized carbons (Fsp3) is 0.867. The summed E-state index contributed by atoms with van der Waals surface area (Å²) >= 11 is 0. The number of methoxy groups -OCH3 is 1. The Labute approximate surface area is 122 Å². The molecule has 0 aliphatic carbocycles. The number of rotatable bonds is 8. The summed E-state index contributed by atoms with van der Waals surface area (Å²) in [6, 6.07) is -0.365. The van der Waals surface area contributed by atoms with E-state index in [1.165, 1.54) is 0 Å². The number of carbonyl (C=O) groups excluding carboxylic acids is 2. The van der Waals surface area contributed by atoms with Gasteiger partial charge in [-0.25, -0.2) is 0 Å². The van der Waals surface area contributed by atoms with Crippen LogP contribution in [0.3, 0.4) is 0 Å². The molecule has 20 heavy (non-hydrogen) atoms. The Morgan fingerprint density at radius 2 is 1.85 bits per heavy atom. The first-order chi connectivity index (χ1) is 9.52. The van der Waals surface area contributed by atoms with Gasteiger partial charge in [-0.05, 0) is 39.0 Å². The third-order valence-electron chi connectivity index (χ3n) is 4.33. The average molecular weight is 284 g/mol. The Morgan fingerprint density at radius 3 is 2.40 bits per heavy atom. The molecule has 0 saturated carbocycles. The van der Waals surface area contributed by atoms with Crippen LogP contribution in [0.4, 0.5) is 0 Å². The Kier molecular flexibility index (Phi) is 6.46. The smallest absolute Gasteiger partial charge is 0.248 e. The first kappa shape index (κ1) is 17.0. The van der Waals surface area contributed by atoms with Gasteiger partial charge >= 0.3 is 0 Å². The van der Waals surface area contributed by atoms with Crippen LogP contribution in [0, 0.1) is 0 Å². The number of hydrogen-bond acceptors (Lipinski definition) is 3. The van der Waals surface area contributed by atoms with Crippen molar-refractivity contribution in [3.8, 4) is 0 Å². The van der Waals surface area contributed by atoms with Crippen molar-refractivity contribution in [2.75, 3.05) is 20.3 Å². The summed E-state index contributed by atoms with van der Waals surface area (Å²) < 4.78 is 5.02. The maximum absolute atomic E-state index is 12.7. The predicted molar refractivity (Wildman–Crippen MR) is 78.4 cm³/mol. The van der Waals surface area contributed by atoms with E-state index in [0.717, 1.165) is 25.9 Å². The molecule has 0 spiro atoms. The van der Waals surface area contributed by atoms with E-state index >= 15 is 0 Å². The zero-order valence-corrected chi connectivity index (χ0v) is 13.2. The summed E-state index contributed by atoms with van der Waals surface area (Å²) in [4.78, 5) is 26.5. The molecular weight excluding hydrogens is 256 g/mol. The molecule has 1 unspecified atom stereocenters. The molecular formula is C15H28N2O3. The van der Waals surface area contributed by atoms with Gasteiger partial charge in [0.2, 0.25) is 11.8 Å². The minimum absolute atomic E-state index is 0.0369. The van der Waals surface area contributed by atoms with Crippen LogP contribution in [0.1, 0.15) is 52.9 Å². The zero-order valence-electron chi connectivity index (χ0n) is 13.2. The molecule has 1 saturated heterocycles. The molecule has 0 aromatic carbocycles. The third kappa shape index (κ3) is 3.51. The van der Waals surface area contributed by atoms with Crippen LogP contribution in [0.5, 0.6) is 0 Å². The van der Waals surface area contributed by atoms with Crippen molar-refractivity contribution >= 4 is 11.8 Å². The summed E-state index contributed by atoms with van der Waals surface area (Å²) in [5.74, 6) is 0.0338. The SMILES string of the molecule is CCC1(CC)NC(=O)C(C)N(CCCCCOC)C1=O. The Balaban J connectivity index is 2.66.